The summed E-state index contributed by atoms with van der Waals surface area (Å²) in [6.07, 6.45) is 0.262. The lowest BCUT2D eigenvalue weighted by atomic mass is 9.74. The number of aliphatic carboxylic acids is 1. The summed E-state index contributed by atoms with van der Waals surface area (Å²) in [5.74, 6) is -2.41. The third-order valence-electron chi connectivity index (χ3n) is 3.06. The number of carbonyl (C=O) groups excluding carboxylic acids is 1. The molecule has 0 unspecified atom stereocenters. The van der Waals surface area contributed by atoms with Gasteiger partial charge in [-0.2, -0.15) is 8.78 Å². The number of hydrogen-bond acceptors (Lipinski definition) is 2. The first-order valence-corrected chi connectivity index (χ1v) is 5.27. The van der Waals surface area contributed by atoms with Crippen LogP contribution in [0.3, 0.4) is 0 Å². The summed E-state index contributed by atoms with van der Waals surface area (Å²) in [6, 6.07) is 0. The van der Waals surface area contributed by atoms with Gasteiger partial charge < -0.3 is 10.4 Å². The molecule has 6 heteroatoms. The maximum Gasteiger partial charge on any atom is 0.315 e. The minimum Gasteiger partial charge on any atom is -0.481 e. The minimum absolute atomic E-state index is 0.203. The molecule has 0 aliphatic heterocycles. The van der Waals surface area contributed by atoms with Crippen molar-refractivity contribution in [3.05, 3.63) is 0 Å². The fourth-order valence-electron chi connectivity index (χ4n) is 2.03. The van der Waals surface area contributed by atoms with Crippen LogP contribution < -0.4 is 5.32 Å². The smallest absolute Gasteiger partial charge is 0.315 e. The first kappa shape index (κ1) is 12.9. The molecule has 0 saturated heterocycles. The van der Waals surface area contributed by atoms with Crippen LogP contribution >= 0.6 is 0 Å². The predicted molar refractivity (Wildman–Crippen MR) is 52.2 cm³/mol. The molecule has 16 heavy (non-hydrogen) atoms. The number of carboxylic acids is 1. The van der Waals surface area contributed by atoms with Gasteiger partial charge in [0.25, 0.3) is 5.91 Å². The topological polar surface area (TPSA) is 66.4 Å². The van der Waals surface area contributed by atoms with E-state index in [1.807, 2.05) is 5.32 Å². The van der Waals surface area contributed by atoms with Crippen molar-refractivity contribution in [3.63, 3.8) is 0 Å². The van der Waals surface area contributed by atoms with Crippen molar-refractivity contribution in [2.45, 2.75) is 38.5 Å². The molecule has 1 fully saturated rings. The van der Waals surface area contributed by atoms with E-state index in [-0.39, 0.29) is 6.54 Å². The third-order valence-corrected chi connectivity index (χ3v) is 3.06. The van der Waals surface area contributed by atoms with Crippen LogP contribution in [-0.4, -0.2) is 30.0 Å². The number of rotatable bonds is 4. The van der Waals surface area contributed by atoms with Crippen LogP contribution in [0.15, 0.2) is 0 Å². The molecular weight excluding hydrogens is 220 g/mol. The average Bonchev–Trinajstić information content (AvgIpc) is 2.26. The lowest BCUT2D eigenvalue weighted by Crippen LogP contribution is -2.45. The molecule has 92 valence electrons. The van der Waals surface area contributed by atoms with Crippen LogP contribution in [0, 0.1) is 5.41 Å². The van der Waals surface area contributed by atoms with Gasteiger partial charge in [0, 0.05) is 6.54 Å². The minimum atomic E-state index is -3.09. The third kappa shape index (κ3) is 2.90. The maximum atomic E-state index is 11.9. The van der Waals surface area contributed by atoms with Crippen molar-refractivity contribution in [1.82, 2.24) is 5.32 Å². The van der Waals surface area contributed by atoms with Gasteiger partial charge in [-0.05, 0) is 12.8 Å². The zero-order valence-electron chi connectivity index (χ0n) is 8.84. The molecule has 4 nitrogen and oxygen atoms in total. The van der Waals surface area contributed by atoms with Gasteiger partial charge in [-0.15, -0.1) is 0 Å². The van der Waals surface area contributed by atoms with Crippen LogP contribution in [-0.2, 0) is 9.59 Å². The fraction of sp³-hybridized carbons (Fsp3) is 0.800. The average molecular weight is 235 g/mol. The first-order chi connectivity index (χ1) is 7.48. The van der Waals surface area contributed by atoms with E-state index in [4.69, 9.17) is 5.11 Å². The van der Waals surface area contributed by atoms with E-state index < -0.39 is 23.7 Å². The SMILES string of the molecule is O=C(NCC1(C(=O)O)CCCCC1)C(F)F. The number of amides is 1. The number of carboxylic acid groups (broad SMARTS) is 1. The highest BCUT2D eigenvalue weighted by Crippen LogP contribution is 2.35. The molecule has 0 aromatic heterocycles. The zero-order chi connectivity index (χ0) is 12.2. The van der Waals surface area contributed by atoms with Crippen molar-refractivity contribution in [1.29, 1.82) is 0 Å². The second-order valence-electron chi connectivity index (χ2n) is 4.16. The molecule has 0 aromatic carbocycles. The summed E-state index contributed by atoms with van der Waals surface area (Å²) in [6.45, 7) is -0.203. The van der Waals surface area contributed by atoms with Crippen molar-refractivity contribution in [2.75, 3.05) is 6.54 Å². The van der Waals surface area contributed by atoms with Gasteiger partial charge in [0.2, 0.25) is 0 Å². The van der Waals surface area contributed by atoms with Crippen LogP contribution in [0.5, 0.6) is 0 Å². The Morgan fingerprint density at radius 2 is 1.81 bits per heavy atom. The second kappa shape index (κ2) is 5.23. The zero-order valence-corrected chi connectivity index (χ0v) is 8.84. The Hall–Kier alpha value is -1.20. The Labute approximate surface area is 92.0 Å². The molecule has 0 aromatic rings. The Morgan fingerprint density at radius 1 is 1.25 bits per heavy atom. The van der Waals surface area contributed by atoms with Crippen molar-refractivity contribution >= 4 is 11.9 Å². The normalized spacial score (nSPS) is 19.4. The molecule has 0 bridgehead atoms. The lowest BCUT2D eigenvalue weighted by Gasteiger charge is -2.33. The van der Waals surface area contributed by atoms with Crippen LogP contribution in [0.25, 0.3) is 0 Å². The van der Waals surface area contributed by atoms with E-state index in [1.54, 1.807) is 0 Å². The molecule has 1 aliphatic carbocycles. The Bertz CT molecular complexity index is 275. The van der Waals surface area contributed by atoms with Gasteiger partial charge in [-0.1, -0.05) is 19.3 Å². The number of nitrogens with one attached hydrogen (secondary N) is 1. The largest absolute Gasteiger partial charge is 0.481 e. The first-order valence-electron chi connectivity index (χ1n) is 5.27. The second-order valence-corrected chi connectivity index (χ2v) is 4.16. The molecule has 1 rings (SSSR count). The Morgan fingerprint density at radius 3 is 2.25 bits per heavy atom. The molecule has 0 spiro atoms. The van der Waals surface area contributed by atoms with Gasteiger partial charge in [-0.3, -0.25) is 9.59 Å². The van der Waals surface area contributed by atoms with E-state index in [2.05, 4.69) is 0 Å². The molecule has 0 heterocycles. The molecule has 1 aliphatic rings. The van der Waals surface area contributed by atoms with Crippen molar-refractivity contribution < 1.29 is 23.5 Å². The van der Waals surface area contributed by atoms with Gasteiger partial charge in [0.1, 0.15) is 0 Å². The summed E-state index contributed by atoms with van der Waals surface area (Å²) in [5, 5.41) is 11.1. The van der Waals surface area contributed by atoms with E-state index in [9.17, 15) is 18.4 Å². The van der Waals surface area contributed by atoms with Crippen LogP contribution in [0.1, 0.15) is 32.1 Å². The highest BCUT2D eigenvalue weighted by Gasteiger charge is 2.40. The quantitative estimate of drug-likeness (QED) is 0.774. The van der Waals surface area contributed by atoms with Gasteiger partial charge in [-0.25, -0.2) is 0 Å². The van der Waals surface area contributed by atoms with Crippen LogP contribution in [0.4, 0.5) is 8.78 Å². The van der Waals surface area contributed by atoms with Crippen molar-refractivity contribution in [3.8, 4) is 0 Å². The maximum absolute atomic E-state index is 11.9. The van der Waals surface area contributed by atoms with E-state index in [1.165, 1.54) is 0 Å². The Balaban J connectivity index is 2.58. The molecule has 1 saturated carbocycles. The summed E-state index contributed by atoms with van der Waals surface area (Å²) in [5.41, 5.74) is -1.05. The predicted octanol–water partition coefficient (Wildman–Crippen LogP) is 1.40. The molecule has 1 amide bonds. The highest BCUT2D eigenvalue weighted by atomic mass is 19.3. The van der Waals surface area contributed by atoms with Crippen LogP contribution in [0.2, 0.25) is 0 Å². The number of carbonyl (C=O) groups is 2. The number of halogens is 2. The van der Waals surface area contributed by atoms with Gasteiger partial charge >= 0.3 is 12.4 Å². The summed E-state index contributed by atoms with van der Waals surface area (Å²) < 4.78 is 23.9. The molecule has 2 N–H and O–H groups in total. The van der Waals surface area contributed by atoms with Gasteiger partial charge in [0.05, 0.1) is 5.41 Å². The van der Waals surface area contributed by atoms with Crippen molar-refractivity contribution in [2.24, 2.45) is 5.41 Å². The molecular formula is C10H15F2NO3. The summed E-state index contributed by atoms with van der Waals surface area (Å²) in [7, 11) is 0. The number of alkyl halides is 2. The van der Waals surface area contributed by atoms with Gasteiger partial charge in [0.15, 0.2) is 0 Å². The number of hydrogen-bond donors (Lipinski definition) is 2. The lowest BCUT2D eigenvalue weighted by molar-refractivity contribution is -0.151. The molecule has 0 atom stereocenters. The standard InChI is InChI=1S/C10H15F2NO3/c11-7(12)8(14)13-6-10(9(15)16)4-2-1-3-5-10/h7H,1-6H2,(H,13,14)(H,15,16). The van der Waals surface area contributed by atoms with E-state index in [0.29, 0.717) is 12.8 Å². The van der Waals surface area contributed by atoms with E-state index in [0.717, 1.165) is 19.3 Å². The Kier molecular flexibility index (Phi) is 4.20. The highest BCUT2D eigenvalue weighted by molar-refractivity contribution is 5.81. The monoisotopic (exact) mass is 235 g/mol. The molecule has 0 radical (unpaired) electrons. The fourth-order valence-corrected chi connectivity index (χ4v) is 2.03. The summed E-state index contributed by atoms with van der Waals surface area (Å²) >= 11 is 0. The van der Waals surface area contributed by atoms with E-state index >= 15 is 0 Å². The summed E-state index contributed by atoms with van der Waals surface area (Å²) in [4.78, 5) is 21.8.